The zero-order valence-corrected chi connectivity index (χ0v) is 17.7. The highest BCUT2D eigenvalue weighted by Gasteiger charge is 2.63. The molecule has 5 rings (SSSR count). The van der Waals surface area contributed by atoms with Crippen molar-refractivity contribution in [2.75, 3.05) is 0 Å². The van der Waals surface area contributed by atoms with Gasteiger partial charge >= 0.3 is 0 Å². The first-order valence-corrected chi connectivity index (χ1v) is 11.0. The lowest BCUT2D eigenvalue weighted by atomic mass is 9.69. The standard InChI is InChI=1S/C24H29N3O3/c1-16(28)26-18(12-17-8-4-3-5-9-17)19-13-24(2)21(26)10-6-7-11-22(24)27(19)23(29)20-14-25-15-30-20/h3-5,8-9,14-15,18-19,21-22H,6-7,10-13H2,1-2H3/t18-,19-,21+,22-,24+/m0/s1. The number of benzene rings is 1. The van der Waals surface area contributed by atoms with Gasteiger partial charge in [-0.2, -0.15) is 0 Å². The van der Waals surface area contributed by atoms with Gasteiger partial charge in [0.15, 0.2) is 6.39 Å². The Labute approximate surface area is 177 Å². The predicted molar refractivity (Wildman–Crippen MR) is 112 cm³/mol. The number of nitrogens with zero attached hydrogens (tertiary/aromatic N) is 3. The molecule has 2 aliphatic heterocycles. The molecule has 6 heteroatoms. The number of piperidine rings is 1. The fourth-order valence-corrected chi connectivity index (χ4v) is 6.54. The van der Waals surface area contributed by atoms with Crippen LogP contribution in [0.25, 0.3) is 0 Å². The molecule has 2 bridgehead atoms. The Morgan fingerprint density at radius 2 is 1.83 bits per heavy atom. The summed E-state index contributed by atoms with van der Waals surface area (Å²) in [5.74, 6) is 0.321. The lowest BCUT2D eigenvalue weighted by molar-refractivity contribution is -0.141. The molecular weight excluding hydrogens is 378 g/mol. The van der Waals surface area contributed by atoms with Crippen molar-refractivity contribution in [2.45, 2.75) is 76.5 Å². The Morgan fingerprint density at radius 1 is 1.13 bits per heavy atom. The summed E-state index contributed by atoms with van der Waals surface area (Å²) >= 11 is 0. The average molecular weight is 408 g/mol. The number of rotatable bonds is 3. The molecule has 0 unspecified atom stereocenters. The van der Waals surface area contributed by atoms with Gasteiger partial charge in [-0.25, -0.2) is 4.98 Å². The SMILES string of the molecule is CC(=O)N1[C@@H](Cc2ccccc2)[C@@H]2C[C@@]3(C)[C@H](CCCC[C@@H]13)N2C(=O)c1cnco1. The van der Waals surface area contributed by atoms with E-state index in [0.29, 0.717) is 5.76 Å². The third-order valence-electron chi connectivity index (χ3n) is 7.74. The molecule has 2 amide bonds. The van der Waals surface area contributed by atoms with Crippen LogP contribution in [0.15, 0.2) is 47.3 Å². The summed E-state index contributed by atoms with van der Waals surface area (Å²) in [6, 6.07) is 10.6. The summed E-state index contributed by atoms with van der Waals surface area (Å²) in [5, 5.41) is 0. The molecule has 0 spiro atoms. The van der Waals surface area contributed by atoms with Crippen molar-refractivity contribution in [2.24, 2.45) is 5.41 Å². The van der Waals surface area contributed by atoms with E-state index in [1.165, 1.54) is 18.2 Å². The number of aromatic nitrogens is 1. The maximum absolute atomic E-state index is 13.6. The molecule has 0 radical (unpaired) electrons. The number of likely N-dealkylation sites (tertiary alicyclic amines) is 2. The minimum Gasteiger partial charge on any atom is -0.438 e. The second kappa shape index (κ2) is 7.25. The topological polar surface area (TPSA) is 66.7 Å². The summed E-state index contributed by atoms with van der Waals surface area (Å²) in [5.41, 5.74) is 1.11. The normalized spacial score (nSPS) is 32.7. The Bertz CT molecular complexity index is 928. The second-order valence-corrected chi connectivity index (χ2v) is 9.35. The average Bonchev–Trinajstić information content (AvgIpc) is 3.31. The van der Waals surface area contributed by atoms with Crippen LogP contribution in [-0.4, -0.2) is 50.8 Å². The van der Waals surface area contributed by atoms with E-state index in [-0.39, 0.29) is 41.4 Å². The molecule has 2 aromatic rings. The maximum atomic E-state index is 13.6. The quantitative estimate of drug-likeness (QED) is 0.778. The monoisotopic (exact) mass is 407 g/mol. The van der Waals surface area contributed by atoms with Gasteiger partial charge in [0, 0.05) is 24.4 Å². The zero-order valence-electron chi connectivity index (χ0n) is 17.7. The van der Waals surface area contributed by atoms with Crippen molar-refractivity contribution < 1.29 is 14.0 Å². The number of carbonyl (C=O) groups is 2. The zero-order chi connectivity index (χ0) is 20.9. The fourth-order valence-electron chi connectivity index (χ4n) is 6.54. The molecule has 1 aliphatic carbocycles. The first kappa shape index (κ1) is 19.3. The molecule has 0 N–H and O–H groups in total. The van der Waals surface area contributed by atoms with Crippen LogP contribution in [0, 0.1) is 5.41 Å². The Kier molecular flexibility index (Phi) is 4.68. The van der Waals surface area contributed by atoms with Crippen molar-refractivity contribution in [3.05, 3.63) is 54.2 Å². The molecule has 3 aliphatic rings. The van der Waals surface area contributed by atoms with Crippen LogP contribution in [0.5, 0.6) is 0 Å². The highest BCUT2D eigenvalue weighted by molar-refractivity contribution is 5.92. The molecule has 158 valence electrons. The lowest BCUT2D eigenvalue weighted by Gasteiger charge is -2.50. The first-order valence-electron chi connectivity index (χ1n) is 11.0. The van der Waals surface area contributed by atoms with E-state index in [4.69, 9.17) is 4.42 Å². The second-order valence-electron chi connectivity index (χ2n) is 9.35. The summed E-state index contributed by atoms with van der Waals surface area (Å²) in [4.78, 5) is 34.7. The Morgan fingerprint density at radius 3 is 2.47 bits per heavy atom. The number of oxazole rings is 1. The highest BCUT2D eigenvalue weighted by atomic mass is 16.3. The van der Waals surface area contributed by atoms with Crippen LogP contribution < -0.4 is 0 Å². The molecule has 6 nitrogen and oxygen atoms in total. The fraction of sp³-hybridized carbons (Fsp3) is 0.542. The molecule has 2 saturated heterocycles. The molecule has 1 saturated carbocycles. The molecule has 3 fully saturated rings. The first-order chi connectivity index (χ1) is 14.5. The van der Waals surface area contributed by atoms with Crippen LogP contribution in [0.1, 0.15) is 62.1 Å². The third kappa shape index (κ3) is 2.88. The van der Waals surface area contributed by atoms with Crippen LogP contribution >= 0.6 is 0 Å². The molecule has 1 aromatic heterocycles. The molecule has 1 aromatic carbocycles. The van der Waals surface area contributed by atoms with Gasteiger partial charge in [-0.3, -0.25) is 9.59 Å². The van der Waals surface area contributed by atoms with E-state index >= 15 is 0 Å². The number of amides is 2. The molecule has 3 heterocycles. The largest absolute Gasteiger partial charge is 0.438 e. The Hall–Kier alpha value is -2.63. The Balaban J connectivity index is 1.61. The molecule has 5 atom stereocenters. The van der Waals surface area contributed by atoms with Crippen LogP contribution in [0.4, 0.5) is 0 Å². The maximum Gasteiger partial charge on any atom is 0.291 e. The van der Waals surface area contributed by atoms with Gasteiger partial charge in [0.2, 0.25) is 11.7 Å². The van der Waals surface area contributed by atoms with Gasteiger partial charge in [-0.1, -0.05) is 50.1 Å². The number of hydrogen-bond donors (Lipinski definition) is 0. The number of carbonyl (C=O) groups excluding carboxylic acids is 2. The van der Waals surface area contributed by atoms with Crippen molar-refractivity contribution in [3.63, 3.8) is 0 Å². The van der Waals surface area contributed by atoms with Gasteiger partial charge in [-0.15, -0.1) is 0 Å². The van der Waals surface area contributed by atoms with Gasteiger partial charge in [0.25, 0.3) is 5.91 Å². The summed E-state index contributed by atoms with van der Waals surface area (Å²) < 4.78 is 5.40. The minimum absolute atomic E-state index is 0.0175. The van der Waals surface area contributed by atoms with E-state index in [9.17, 15) is 9.59 Å². The molecular formula is C24H29N3O3. The van der Waals surface area contributed by atoms with Gasteiger partial charge in [0.1, 0.15) is 0 Å². The van der Waals surface area contributed by atoms with E-state index in [2.05, 4.69) is 33.8 Å². The van der Waals surface area contributed by atoms with Crippen LogP contribution in [0.3, 0.4) is 0 Å². The summed E-state index contributed by atoms with van der Waals surface area (Å²) in [6.07, 6.45) is 8.68. The number of fused-ring (bicyclic) bond motifs is 1. The lowest BCUT2D eigenvalue weighted by Crippen LogP contribution is -2.61. The van der Waals surface area contributed by atoms with Gasteiger partial charge in [-0.05, 0) is 31.2 Å². The smallest absolute Gasteiger partial charge is 0.291 e. The summed E-state index contributed by atoms with van der Waals surface area (Å²) in [6.45, 7) is 3.98. The minimum atomic E-state index is -0.0876. The van der Waals surface area contributed by atoms with Crippen molar-refractivity contribution >= 4 is 11.8 Å². The van der Waals surface area contributed by atoms with Crippen molar-refractivity contribution in [1.29, 1.82) is 0 Å². The van der Waals surface area contributed by atoms with Crippen molar-refractivity contribution in [1.82, 2.24) is 14.8 Å². The predicted octanol–water partition coefficient (Wildman–Crippen LogP) is 3.68. The van der Waals surface area contributed by atoms with E-state index in [0.717, 1.165) is 38.5 Å². The highest BCUT2D eigenvalue weighted by Crippen LogP contribution is 2.55. The third-order valence-corrected chi connectivity index (χ3v) is 7.74. The van der Waals surface area contributed by atoms with Gasteiger partial charge in [0.05, 0.1) is 18.3 Å². The van der Waals surface area contributed by atoms with Gasteiger partial charge < -0.3 is 14.2 Å². The van der Waals surface area contributed by atoms with Crippen LogP contribution in [-0.2, 0) is 11.2 Å². The molecule has 30 heavy (non-hydrogen) atoms. The van der Waals surface area contributed by atoms with E-state index in [1.807, 2.05) is 18.2 Å². The van der Waals surface area contributed by atoms with E-state index < -0.39 is 0 Å². The van der Waals surface area contributed by atoms with Crippen molar-refractivity contribution in [3.8, 4) is 0 Å². The van der Waals surface area contributed by atoms with E-state index in [1.54, 1.807) is 6.92 Å². The summed E-state index contributed by atoms with van der Waals surface area (Å²) in [7, 11) is 0. The number of hydrogen-bond acceptors (Lipinski definition) is 4. The van der Waals surface area contributed by atoms with Crippen LogP contribution in [0.2, 0.25) is 0 Å².